The first-order valence-corrected chi connectivity index (χ1v) is 13.9. The third-order valence-electron chi connectivity index (χ3n) is 8.71. The second-order valence-electron chi connectivity index (χ2n) is 11.9. The van der Waals surface area contributed by atoms with E-state index < -0.39 is 17.0 Å². The monoisotopic (exact) mass is 567 g/mol. The van der Waals surface area contributed by atoms with Crippen molar-refractivity contribution in [2.24, 2.45) is 31.8 Å². The number of aryl methyl sites for hydroxylation is 2. The van der Waals surface area contributed by atoms with Crippen LogP contribution in [0.3, 0.4) is 0 Å². The molecule has 0 saturated heterocycles. The van der Waals surface area contributed by atoms with Crippen LogP contribution < -0.4 is 5.32 Å². The van der Waals surface area contributed by atoms with E-state index in [2.05, 4.69) is 27.2 Å². The number of hydrogen-bond donors (Lipinski definition) is 3. The van der Waals surface area contributed by atoms with Crippen molar-refractivity contribution in [1.29, 1.82) is 0 Å². The van der Waals surface area contributed by atoms with Crippen LogP contribution in [0.25, 0.3) is 0 Å². The van der Waals surface area contributed by atoms with Crippen molar-refractivity contribution in [3.63, 3.8) is 0 Å². The fraction of sp³-hybridized carbons (Fsp3) is 0.500. The molecule has 2 aromatic heterocycles. The lowest BCUT2D eigenvalue weighted by atomic mass is 9.90. The van der Waals surface area contributed by atoms with E-state index in [0.29, 0.717) is 29.9 Å². The second kappa shape index (κ2) is 10.3. The van der Waals surface area contributed by atoms with E-state index >= 15 is 0 Å². The molecule has 0 bridgehead atoms. The summed E-state index contributed by atoms with van der Waals surface area (Å²) < 4.78 is 16.9. The summed E-state index contributed by atoms with van der Waals surface area (Å²) in [5.74, 6) is 5.61. The molecule has 3 atom stereocenters. The summed E-state index contributed by atoms with van der Waals surface area (Å²) in [4.78, 5) is 17.8. The van der Waals surface area contributed by atoms with Crippen LogP contribution >= 0.6 is 11.6 Å². The predicted octanol–water partition coefficient (Wildman–Crippen LogP) is 4.75. The molecule has 2 aliphatic carbocycles. The topological polar surface area (TPSA) is 105 Å². The smallest absolute Gasteiger partial charge is 0.274 e. The van der Waals surface area contributed by atoms with Gasteiger partial charge in [-0.25, -0.2) is 9.37 Å². The average molecular weight is 568 g/mol. The number of anilines is 1. The number of rotatable bonds is 5. The van der Waals surface area contributed by atoms with E-state index in [1.54, 1.807) is 29.5 Å². The molecule has 40 heavy (non-hydrogen) atoms. The van der Waals surface area contributed by atoms with Gasteiger partial charge in [0.2, 0.25) is 0 Å². The van der Waals surface area contributed by atoms with Crippen molar-refractivity contribution in [1.82, 2.24) is 19.3 Å². The molecule has 8 nitrogen and oxygen atoms in total. The molecule has 5 rings (SSSR count). The SMILES string of the molecule is CC(C)C(C)(O)C#Cc1cc(C2(O)CC3CC(c4ncn(C)c4C(=O)Nc4ccc(F)c(Cl)c4)CC3C2)n(C)n1. The van der Waals surface area contributed by atoms with Gasteiger partial charge in [-0.1, -0.05) is 31.4 Å². The minimum Gasteiger partial charge on any atom is -0.384 e. The Hall–Kier alpha value is -3.19. The lowest BCUT2D eigenvalue weighted by Gasteiger charge is -2.25. The second-order valence-corrected chi connectivity index (χ2v) is 12.3. The highest BCUT2D eigenvalue weighted by Crippen LogP contribution is 2.56. The third-order valence-corrected chi connectivity index (χ3v) is 9.00. The van der Waals surface area contributed by atoms with Crippen LogP contribution in [0.15, 0.2) is 30.6 Å². The van der Waals surface area contributed by atoms with Gasteiger partial charge < -0.3 is 20.1 Å². The van der Waals surface area contributed by atoms with Crippen molar-refractivity contribution >= 4 is 23.2 Å². The van der Waals surface area contributed by atoms with Crippen molar-refractivity contribution in [2.45, 2.75) is 63.6 Å². The Morgan fingerprint density at radius 2 is 1.93 bits per heavy atom. The van der Waals surface area contributed by atoms with E-state index in [1.807, 2.05) is 27.0 Å². The largest absolute Gasteiger partial charge is 0.384 e. The molecule has 212 valence electrons. The zero-order valence-corrected chi connectivity index (χ0v) is 24.1. The van der Waals surface area contributed by atoms with Crippen LogP contribution in [0, 0.1) is 35.4 Å². The van der Waals surface area contributed by atoms with Crippen molar-refractivity contribution in [3.05, 3.63) is 64.2 Å². The van der Waals surface area contributed by atoms with E-state index in [-0.39, 0.29) is 34.6 Å². The van der Waals surface area contributed by atoms with Gasteiger partial charge in [0.15, 0.2) is 0 Å². The number of amides is 1. The van der Waals surface area contributed by atoms with Crippen molar-refractivity contribution < 1.29 is 19.4 Å². The molecular weight excluding hydrogens is 533 g/mol. The molecule has 0 aliphatic heterocycles. The summed E-state index contributed by atoms with van der Waals surface area (Å²) in [5.41, 5.74) is 0.714. The van der Waals surface area contributed by atoms with Crippen LogP contribution in [-0.2, 0) is 19.7 Å². The predicted molar refractivity (Wildman–Crippen MR) is 150 cm³/mol. The molecule has 3 aromatic rings. The Morgan fingerprint density at radius 1 is 1.25 bits per heavy atom. The number of carbonyl (C=O) groups excluding carboxylic acids is 1. The van der Waals surface area contributed by atoms with E-state index in [1.165, 1.54) is 18.2 Å². The maximum absolute atomic E-state index is 13.5. The minimum absolute atomic E-state index is 0.0263. The first-order valence-electron chi connectivity index (χ1n) is 13.6. The fourth-order valence-corrected chi connectivity index (χ4v) is 6.36. The molecule has 0 spiro atoms. The van der Waals surface area contributed by atoms with Gasteiger partial charge in [0.1, 0.15) is 28.4 Å². The lowest BCUT2D eigenvalue weighted by Crippen LogP contribution is -2.28. The number of aliphatic hydroxyl groups is 2. The lowest BCUT2D eigenvalue weighted by molar-refractivity contribution is 0.0263. The van der Waals surface area contributed by atoms with Gasteiger partial charge in [-0.05, 0) is 80.5 Å². The van der Waals surface area contributed by atoms with Gasteiger partial charge in [0.25, 0.3) is 5.91 Å². The van der Waals surface area contributed by atoms with Gasteiger partial charge in [-0.2, -0.15) is 5.10 Å². The zero-order chi connectivity index (χ0) is 29.0. The molecule has 2 saturated carbocycles. The van der Waals surface area contributed by atoms with Gasteiger partial charge >= 0.3 is 0 Å². The first-order chi connectivity index (χ1) is 18.8. The Kier molecular flexibility index (Phi) is 7.32. The first kappa shape index (κ1) is 28.3. The van der Waals surface area contributed by atoms with E-state index in [0.717, 1.165) is 24.2 Å². The van der Waals surface area contributed by atoms with Crippen LogP contribution in [0.1, 0.15) is 79.9 Å². The standard InChI is InChI=1S/C30H35ClFN5O3/c1-17(2)29(3,39)9-8-22-13-25(37(5)35-22)30(40)14-19-10-18(11-20(19)15-30)26-27(36(4)16-33-26)28(38)34-21-6-7-24(32)23(31)12-21/h6-7,12-13,16-20,39-40H,10-11,14-15H2,1-5H3,(H,34,38). The Balaban J connectivity index is 1.30. The van der Waals surface area contributed by atoms with Crippen LogP contribution in [0.4, 0.5) is 10.1 Å². The molecule has 10 heteroatoms. The van der Waals surface area contributed by atoms with Crippen LogP contribution in [-0.4, -0.2) is 41.1 Å². The molecule has 2 aliphatic rings. The number of hydrogen-bond acceptors (Lipinski definition) is 5. The Bertz CT molecular complexity index is 1500. The fourth-order valence-electron chi connectivity index (χ4n) is 6.18. The van der Waals surface area contributed by atoms with Crippen molar-refractivity contribution in [2.75, 3.05) is 5.32 Å². The summed E-state index contributed by atoms with van der Waals surface area (Å²) in [6.45, 7) is 5.51. The summed E-state index contributed by atoms with van der Waals surface area (Å²) >= 11 is 5.88. The minimum atomic E-state index is -1.12. The maximum atomic E-state index is 13.5. The van der Waals surface area contributed by atoms with Gasteiger partial charge in [0.05, 0.1) is 22.7 Å². The van der Waals surface area contributed by atoms with E-state index in [9.17, 15) is 19.4 Å². The van der Waals surface area contributed by atoms with Gasteiger partial charge in [0, 0.05) is 25.7 Å². The normalized spacial score (nSPS) is 25.4. The third kappa shape index (κ3) is 5.28. The molecule has 2 heterocycles. The number of benzene rings is 1. The Labute approximate surface area is 238 Å². The van der Waals surface area contributed by atoms with Crippen molar-refractivity contribution in [3.8, 4) is 11.8 Å². The average Bonchev–Trinajstić information content (AvgIpc) is 3.62. The quantitative estimate of drug-likeness (QED) is 0.386. The molecule has 1 amide bonds. The molecular formula is C30H35ClFN5O3. The number of aromatic nitrogens is 4. The highest BCUT2D eigenvalue weighted by Gasteiger charge is 2.51. The summed E-state index contributed by atoms with van der Waals surface area (Å²) in [7, 11) is 3.59. The molecule has 0 radical (unpaired) electrons. The molecule has 3 unspecified atom stereocenters. The van der Waals surface area contributed by atoms with Crippen LogP contribution in [0.5, 0.6) is 0 Å². The summed E-state index contributed by atoms with van der Waals surface area (Å²) in [6.07, 6.45) is 4.45. The molecule has 2 fully saturated rings. The highest BCUT2D eigenvalue weighted by molar-refractivity contribution is 6.31. The summed E-state index contributed by atoms with van der Waals surface area (Å²) in [6, 6.07) is 5.89. The molecule has 3 N–H and O–H groups in total. The zero-order valence-electron chi connectivity index (χ0n) is 23.4. The maximum Gasteiger partial charge on any atom is 0.274 e. The summed E-state index contributed by atoms with van der Waals surface area (Å²) in [5, 5.41) is 29.4. The number of halogens is 2. The number of imidazole rings is 1. The van der Waals surface area contributed by atoms with E-state index in [4.69, 9.17) is 11.6 Å². The number of fused-ring (bicyclic) bond motifs is 1. The van der Waals surface area contributed by atoms with Gasteiger partial charge in [-0.3, -0.25) is 9.48 Å². The number of nitrogens with one attached hydrogen (secondary N) is 1. The highest BCUT2D eigenvalue weighted by atomic mass is 35.5. The number of carbonyl (C=O) groups is 1. The number of nitrogens with zero attached hydrogens (tertiary/aromatic N) is 4. The van der Waals surface area contributed by atoms with Gasteiger partial charge in [-0.15, -0.1) is 0 Å². The molecule has 1 aromatic carbocycles. The Morgan fingerprint density at radius 3 is 2.55 bits per heavy atom. The van der Waals surface area contributed by atoms with Crippen LogP contribution in [0.2, 0.25) is 5.02 Å².